The Bertz CT molecular complexity index is 613. The molecule has 7 heteroatoms. The van der Waals surface area contributed by atoms with Crippen LogP contribution < -0.4 is 15.4 Å². The van der Waals surface area contributed by atoms with Crippen molar-refractivity contribution in [3.63, 3.8) is 0 Å². The Morgan fingerprint density at radius 2 is 1.75 bits per heavy atom. The second-order valence-electron chi connectivity index (χ2n) is 5.17. The summed E-state index contributed by atoms with van der Waals surface area (Å²) in [5, 5.41) is 5.29. The molecular formula is C17H24N2O5. The van der Waals surface area contributed by atoms with E-state index in [0.29, 0.717) is 23.7 Å². The SMILES string of the molecule is CCCCOc1cc(NC(C)=O)c(NC(=O)CC)cc1C(=O)OC. The lowest BCUT2D eigenvalue weighted by Gasteiger charge is -2.16. The van der Waals surface area contributed by atoms with E-state index >= 15 is 0 Å². The highest BCUT2D eigenvalue weighted by Crippen LogP contribution is 2.32. The molecule has 0 unspecified atom stereocenters. The number of unbranched alkanes of at least 4 members (excludes halogenated alkanes) is 1. The van der Waals surface area contributed by atoms with Crippen LogP contribution in [0.2, 0.25) is 0 Å². The van der Waals surface area contributed by atoms with Gasteiger partial charge in [-0.15, -0.1) is 0 Å². The van der Waals surface area contributed by atoms with E-state index in [1.54, 1.807) is 6.92 Å². The lowest BCUT2D eigenvalue weighted by Crippen LogP contribution is -2.16. The van der Waals surface area contributed by atoms with E-state index in [-0.39, 0.29) is 23.8 Å². The molecule has 132 valence electrons. The maximum absolute atomic E-state index is 12.0. The van der Waals surface area contributed by atoms with Crippen LogP contribution in [0.5, 0.6) is 5.75 Å². The Morgan fingerprint density at radius 1 is 1.08 bits per heavy atom. The van der Waals surface area contributed by atoms with Gasteiger partial charge in [-0.05, 0) is 12.5 Å². The minimum Gasteiger partial charge on any atom is -0.493 e. The molecule has 0 atom stereocenters. The molecule has 2 amide bonds. The minimum absolute atomic E-state index is 0.189. The van der Waals surface area contributed by atoms with Crippen molar-refractivity contribution in [2.24, 2.45) is 0 Å². The maximum Gasteiger partial charge on any atom is 0.341 e. The molecule has 1 rings (SSSR count). The molecule has 0 aliphatic rings. The fraction of sp³-hybridized carbons (Fsp3) is 0.471. The Hall–Kier alpha value is -2.57. The fourth-order valence-corrected chi connectivity index (χ4v) is 1.93. The third-order valence-corrected chi connectivity index (χ3v) is 3.19. The van der Waals surface area contributed by atoms with E-state index in [0.717, 1.165) is 12.8 Å². The Morgan fingerprint density at radius 3 is 2.29 bits per heavy atom. The molecule has 0 saturated carbocycles. The maximum atomic E-state index is 12.0. The zero-order valence-electron chi connectivity index (χ0n) is 14.5. The number of carbonyl (C=O) groups is 3. The van der Waals surface area contributed by atoms with Crippen molar-refractivity contribution >= 4 is 29.2 Å². The van der Waals surface area contributed by atoms with E-state index in [2.05, 4.69) is 10.6 Å². The number of rotatable bonds is 8. The average Bonchev–Trinajstić information content (AvgIpc) is 2.55. The van der Waals surface area contributed by atoms with Crippen LogP contribution in [0, 0.1) is 0 Å². The van der Waals surface area contributed by atoms with Crippen molar-refractivity contribution in [1.82, 2.24) is 0 Å². The number of benzene rings is 1. The summed E-state index contributed by atoms with van der Waals surface area (Å²) in [7, 11) is 1.27. The Balaban J connectivity index is 3.31. The molecule has 0 radical (unpaired) electrons. The van der Waals surface area contributed by atoms with Gasteiger partial charge in [0.25, 0.3) is 0 Å². The molecule has 1 aromatic rings. The van der Waals surface area contributed by atoms with Crippen molar-refractivity contribution in [2.45, 2.75) is 40.0 Å². The Kier molecular flexibility index (Phi) is 7.74. The van der Waals surface area contributed by atoms with Crippen LogP contribution >= 0.6 is 0 Å². The highest BCUT2D eigenvalue weighted by Gasteiger charge is 2.19. The van der Waals surface area contributed by atoms with Gasteiger partial charge in [0.2, 0.25) is 11.8 Å². The van der Waals surface area contributed by atoms with Gasteiger partial charge >= 0.3 is 5.97 Å². The number of anilines is 2. The first-order valence-corrected chi connectivity index (χ1v) is 7.89. The molecule has 0 heterocycles. The molecule has 24 heavy (non-hydrogen) atoms. The van der Waals surface area contributed by atoms with Crippen molar-refractivity contribution in [3.05, 3.63) is 17.7 Å². The number of ether oxygens (including phenoxy) is 2. The number of carbonyl (C=O) groups excluding carboxylic acids is 3. The largest absolute Gasteiger partial charge is 0.493 e. The van der Waals surface area contributed by atoms with Gasteiger partial charge < -0.3 is 20.1 Å². The minimum atomic E-state index is -0.581. The average molecular weight is 336 g/mol. The van der Waals surface area contributed by atoms with Crippen LogP contribution in [0.15, 0.2) is 12.1 Å². The summed E-state index contributed by atoms with van der Waals surface area (Å²) in [6.07, 6.45) is 2.03. The second-order valence-corrected chi connectivity index (χ2v) is 5.17. The van der Waals surface area contributed by atoms with Gasteiger partial charge in [-0.1, -0.05) is 20.3 Å². The molecule has 0 spiro atoms. The van der Waals surface area contributed by atoms with E-state index in [1.807, 2.05) is 6.92 Å². The van der Waals surface area contributed by atoms with Crippen LogP contribution in [-0.4, -0.2) is 31.5 Å². The normalized spacial score (nSPS) is 10.0. The lowest BCUT2D eigenvalue weighted by molar-refractivity contribution is -0.116. The third kappa shape index (κ3) is 5.57. The van der Waals surface area contributed by atoms with E-state index < -0.39 is 5.97 Å². The molecule has 0 aromatic heterocycles. The first-order valence-electron chi connectivity index (χ1n) is 7.89. The number of methoxy groups -OCH3 is 1. The zero-order valence-corrected chi connectivity index (χ0v) is 14.5. The fourth-order valence-electron chi connectivity index (χ4n) is 1.93. The number of nitrogens with one attached hydrogen (secondary N) is 2. The number of esters is 1. The third-order valence-electron chi connectivity index (χ3n) is 3.19. The summed E-state index contributed by atoms with van der Waals surface area (Å²) in [5.74, 6) is -0.819. The standard InChI is InChI=1S/C17H24N2O5/c1-5-7-8-24-15-10-14(18-11(3)20)13(19-16(21)6-2)9-12(15)17(22)23-4/h9-10H,5-8H2,1-4H3,(H,18,20)(H,19,21). The van der Waals surface area contributed by atoms with E-state index in [4.69, 9.17) is 9.47 Å². The highest BCUT2D eigenvalue weighted by atomic mass is 16.5. The monoisotopic (exact) mass is 336 g/mol. The zero-order chi connectivity index (χ0) is 18.1. The first-order chi connectivity index (χ1) is 11.4. The van der Waals surface area contributed by atoms with Crippen molar-refractivity contribution in [1.29, 1.82) is 0 Å². The molecule has 0 fully saturated rings. The van der Waals surface area contributed by atoms with Gasteiger partial charge in [-0.2, -0.15) is 0 Å². The molecule has 7 nitrogen and oxygen atoms in total. The predicted octanol–water partition coefficient (Wildman–Crippen LogP) is 2.96. The summed E-state index contributed by atoms with van der Waals surface area (Å²) in [5.41, 5.74) is 0.873. The summed E-state index contributed by atoms with van der Waals surface area (Å²) in [4.78, 5) is 35.1. The van der Waals surface area contributed by atoms with Gasteiger partial charge in [0.15, 0.2) is 0 Å². The van der Waals surface area contributed by atoms with Crippen LogP contribution in [-0.2, 0) is 14.3 Å². The van der Waals surface area contributed by atoms with Gasteiger partial charge in [-0.3, -0.25) is 9.59 Å². The predicted molar refractivity (Wildman–Crippen MR) is 91.4 cm³/mol. The summed E-state index contributed by atoms with van der Waals surface area (Å²) in [6.45, 7) is 5.52. The van der Waals surface area contributed by atoms with Gasteiger partial charge in [0.1, 0.15) is 11.3 Å². The topological polar surface area (TPSA) is 93.7 Å². The smallest absolute Gasteiger partial charge is 0.341 e. The van der Waals surface area contributed by atoms with Gasteiger partial charge in [0.05, 0.1) is 25.1 Å². The molecular weight excluding hydrogens is 312 g/mol. The molecule has 0 aliphatic carbocycles. The van der Waals surface area contributed by atoms with Crippen molar-refractivity contribution in [2.75, 3.05) is 24.4 Å². The number of hydrogen-bond acceptors (Lipinski definition) is 5. The molecule has 0 aliphatic heterocycles. The second kappa shape index (κ2) is 9.54. The lowest BCUT2D eigenvalue weighted by atomic mass is 10.1. The van der Waals surface area contributed by atoms with E-state index in [9.17, 15) is 14.4 Å². The van der Waals surface area contributed by atoms with Gasteiger partial charge in [-0.25, -0.2) is 4.79 Å². The van der Waals surface area contributed by atoms with Crippen LogP contribution in [0.3, 0.4) is 0 Å². The van der Waals surface area contributed by atoms with Crippen LogP contribution in [0.4, 0.5) is 11.4 Å². The summed E-state index contributed by atoms with van der Waals surface area (Å²) >= 11 is 0. The van der Waals surface area contributed by atoms with Crippen LogP contribution in [0.1, 0.15) is 50.4 Å². The molecule has 0 saturated heterocycles. The molecule has 1 aromatic carbocycles. The Labute approximate surface area is 141 Å². The summed E-state index contributed by atoms with van der Waals surface area (Å²) < 4.78 is 10.4. The van der Waals surface area contributed by atoms with E-state index in [1.165, 1.54) is 26.2 Å². The van der Waals surface area contributed by atoms with Crippen molar-refractivity contribution in [3.8, 4) is 5.75 Å². The van der Waals surface area contributed by atoms with Crippen LogP contribution in [0.25, 0.3) is 0 Å². The first kappa shape index (κ1) is 19.5. The highest BCUT2D eigenvalue weighted by molar-refractivity contribution is 6.03. The summed E-state index contributed by atoms with van der Waals surface area (Å²) in [6, 6.07) is 2.97. The number of hydrogen-bond donors (Lipinski definition) is 2. The molecule has 0 bridgehead atoms. The van der Waals surface area contributed by atoms with Crippen molar-refractivity contribution < 1.29 is 23.9 Å². The number of amides is 2. The quantitative estimate of drug-likeness (QED) is 0.562. The van der Waals surface area contributed by atoms with Gasteiger partial charge in [0, 0.05) is 19.4 Å². The molecule has 2 N–H and O–H groups in total.